The van der Waals surface area contributed by atoms with Gasteiger partial charge in [0.2, 0.25) is 11.8 Å². The highest BCUT2D eigenvalue weighted by Gasteiger charge is 2.29. The summed E-state index contributed by atoms with van der Waals surface area (Å²) in [6.07, 6.45) is 0.496. The van der Waals surface area contributed by atoms with Gasteiger partial charge < -0.3 is 10.2 Å². The van der Waals surface area contributed by atoms with Crippen LogP contribution in [-0.2, 0) is 22.6 Å². The normalized spacial score (nSPS) is 12.0. The zero-order chi connectivity index (χ0) is 21.6. The lowest BCUT2D eigenvalue weighted by Gasteiger charge is -2.31. The number of amides is 2. The van der Waals surface area contributed by atoms with Gasteiger partial charge in [-0.15, -0.1) is 0 Å². The second-order valence-corrected chi connectivity index (χ2v) is 7.99. The molecule has 0 bridgehead atoms. The summed E-state index contributed by atoms with van der Waals surface area (Å²) in [6, 6.07) is 10.1. The fourth-order valence-corrected chi connectivity index (χ4v) is 3.48. The van der Waals surface area contributed by atoms with Crippen LogP contribution in [0, 0.1) is 5.82 Å². The lowest BCUT2D eigenvalue weighted by atomic mass is 10.1. The van der Waals surface area contributed by atoms with Crippen molar-refractivity contribution in [3.8, 4) is 0 Å². The van der Waals surface area contributed by atoms with Gasteiger partial charge in [0.15, 0.2) is 0 Å². The Morgan fingerprint density at radius 2 is 1.76 bits per heavy atom. The predicted molar refractivity (Wildman–Crippen MR) is 114 cm³/mol. The van der Waals surface area contributed by atoms with Crippen LogP contribution in [0.15, 0.2) is 42.5 Å². The number of halogens is 3. The maximum atomic E-state index is 13.2. The van der Waals surface area contributed by atoms with Crippen molar-refractivity contribution >= 4 is 35.0 Å². The minimum Gasteiger partial charge on any atom is -0.352 e. The second-order valence-electron chi connectivity index (χ2n) is 7.15. The van der Waals surface area contributed by atoms with Gasteiger partial charge in [-0.1, -0.05) is 48.3 Å². The number of nitrogens with zero attached hydrogens (tertiary/aromatic N) is 1. The molecule has 0 aliphatic rings. The van der Waals surface area contributed by atoms with Crippen LogP contribution in [0.4, 0.5) is 4.39 Å². The Morgan fingerprint density at radius 3 is 2.31 bits per heavy atom. The molecule has 2 amide bonds. The third-order valence-corrected chi connectivity index (χ3v) is 5.03. The highest BCUT2D eigenvalue weighted by Crippen LogP contribution is 2.24. The van der Waals surface area contributed by atoms with E-state index in [2.05, 4.69) is 5.32 Å². The van der Waals surface area contributed by atoms with E-state index in [0.717, 1.165) is 0 Å². The van der Waals surface area contributed by atoms with Crippen LogP contribution >= 0.6 is 23.2 Å². The molecule has 0 fully saturated rings. The zero-order valence-electron chi connectivity index (χ0n) is 16.7. The molecule has 7 heteroatoms. The first kappa shape index (κ1) is 23.2. The van der Waals surface area contributed by atoms with Crippen molar-refractivity contribution in [3.63, 3.8) is 0 Å². The maximum absolute atomic E-state index is 13.2. The smallest absolute Gasteiger partial charge is 0.243 e. The molecule has 0 unspecified atom stereocenters. The largest absolute Gasteiger partial charge is 0.352 e. The van der Waals surface area contributed by atoms with Crippen LogP contribution in [0.5, 0.6) is 0 Å². The highest BCUT2D eigenvalue weighted by molar-refractivity contribution is 6.35. The topological polar surface area (TPSA) is 49.4 Å². The van der Waals surface area contributed by atoms with Gasteiger partial charge in [0.05, 0.1) is 6.42 Å². The number of hydrogen-bond donors (Lipinski definition) is 1. The van der Waals surface area contributed by atoms with E-state index in [1.54, 1.807) is 30.3 Å². The molecule has 0 saturated heterocycles. The van der Waals surface area contributed by atoms with Crippen LogP contribution in [-0.4, -0.2) is 28.8 Å². The average molecular weight is 439 g/mol. The summed E-state index contributed by atoms with van der Waals surface area (Å²) in [4.78, 5) is 27.4. The minimum absolute atomic E-state index is 0.0512. The Bertz CT molecular complexity index is 856. The summed E-state index contributed by atoms with van der Waals surface area (Å²) in [5, 5.41) is 3.79. The molecular weight excluding hydrogens is 414 g/mol. The lowest BCUT2D eigenvalue weighted by Crippen LogP contribution is -2.50. The van der Waals surface area contributed by atoms with Gasteiger partial charge in [0.1, 0.15) is 11.9 Å². The first-order valence-corrected chi connectivity index (χ1v) is 10.2. The standard InChI is InChI=1S/C22H25Cl2FN2O2/c1-4-20(22(29)26-14(2)3)27(13-16-7-8-17(23)12-19(16)24)21(28)11-15-5-9-18(25)10-6-15/h5-10,12,14,20H,4,11,13H2,1-3H3,(H,26,29)/t20-/m1/s1. The molecule has 0 heterocycles. The summed E-state index contributed by atoms with van der Waals surface area (Å²) in [6.45, 7) is 5.75. The Labute approximate surface area is 181 Å². The second kappa shape index (κ2) is 10.6. The van der Waals surface area contributed by atoms with Gasteiger partial charge >= 0.3 is 0 Å². The predicted octanol–water partition coefficient (Wildman–Crippen LogP) is 5.01. The molecule has 0 radical (unpaired) electrons. The molecule has 1 atom stereocenters. The van der Waals surface area contributed by atoms with Crippen LogP contribution in [0.25, 0.3) is 0 Å². The number of rotatable bonds is 8. The molecule has 0 spiro atoms. The molecule has 2 rings (SSSR count). The van der Waals surface area contributed by atoms with Crippen LogP contribution < -0.4 is 5.32 Å². The van der Waals surface area contributed by atoms with Crippen molar-refractivity contribution in [2.24, 2.45) is 0 Å². The third kappa shape index (κ3) is 6.72. The molecule has 2 aromatic rings. The average Bonchev–Trinajstić information content (AvgIpc) is 2.64. The van der Waals surface area contributed by atoms with Gasteiger partial charge in [-0.05, 0) is 55.7 Å². The van der Waals surface area contributed by atoms with Crippen molar-refractivity contribution in [1.29, 1.82) is 0 Å². The summed E-state index contributed by atoms with van der Waals surface area (Å²) in [5.41, 5.74) is 1.36. The van der Waals surface area contributed by atoms with E-state index in [1.807, 2.05) is 20.8 Å². The number of hydrogen-bond acceptors (Lipinski definition) is 2. The summed E-state index contributed by atoms with van der Waals surface area (Å²) >= 11 is 12.3. The molecule has 1 N–H and O–H groups in total. The molecule has 0 aromatic heterocycles. The lowest BCUT2D eigenvalue weighted by molar-refractivity contribution is -0.141. The van der Waals surface area contributed by atoms with Gasteiger partial charge in [-0.25, -0.2) is 4.39 Å². The fourth-order valence-electron chi connectivity index (χ4n) is 3.01. The molecule has 2 aromatic carbocycles. The van der Waals surface area contributed by atoms with E-state index >= 15 is 0 Å². The van der Waals surface area contributed by atoms with Crippen molar-refractivity contribution in [2.75, 3.05) is 0 Å². The molecule has 0 aliphatic heterocycles. The highest BCUT2D eigenvalue weighted by atomic mass is 35.5. The van der Waals surface area contributed by atoms with E-state index in [4.69, 9.17) is 23.2 Å². The zero-order valence-corrected chi connectivity index (χ0v) is 18.2. The minimum atomic E-state index is -0.655. The first-order valence-electron chi connectivity index (χ1n) is 9.49. The molecular formula is C22H25Cl2FN2O2. The van der Waals surface area contributed by atoms with E-state index in [0.29, 0.717) is 27.6 Å². The maximum Gasteiger partial charge on any atom is 0.243 e. The van der Waals surface area contributed by atoms with Gasteiger partial charge in [0.25, 0.3) is 0 Å². The fraction of sp³-hybridized carbons (Fsp3) is 0.364. The Kier molecular flexibility index (Phi) is 8.47. The summed E-state index contributed by atoms with van der Waals surface area (Å²) in [5.74, 6) is -0.831. The molecule has 0 aliphatic carbocycles. The number of carbonyl (C=O) groups excluding carboxylic acids is 2. The summed E-state index contributed by atoms with van der Waals surface area (Å²) in [7, 11) is 0. The third-order valence-electron chi connectivity index (χ3n) is 4.44. The van der Waals surface area contributed by atoms with Gasteiger partial charge in [0, 0.05) is 22.6 Å². The Balaban J connectivity index is 2.33. The Morgan fingerprint density at radius 1 is 1.10 bits per heavy atom. The van der Waals surface area contributed by atoms with Crippen molar-refractivity contribution in [2.45, 2.75) is 52.2 Å². The van der Waals surface area contributed by atoms with E-state index < -0.39 is 6.04 Å². The molecule has 0 saturated carbocycles. The molecule has 29 heavy (non-hydrogen) atoms. The number of nitrogens with one attached hydrogen (secondary N) is 1. The monoisotopic (exact) mass is 438 g/mol. The van der Waals surface area contributed by atoms with E-state index in [1.165, 1.54) is 17.0 Å². The van der Waals surface area contributed by atoms with Crippen molar-refractivity contribution in [3.05, 3.63) is 69.5 Å². The quantitative estimate of drug-likeness (QED) is 0.629. The van der Waals surface area contributed by atoms with E-state index in [9.17, 15) is 14.0 Å². The molecule has 4 nitrogen and oxygen atoms in total. The van der Waals surface area contributed by atoms with Gasteiger partial charge in [-0.3, -0.25) is 9.59 Å². The Hall–Kier alpha value is -2.11. The van der Waals surface area contributed by atoms with E-state index in [-0.39, 0.29) is 36.6 Å². The van der Waals surface area contributed by atoms with Crippen LogP contribution in [0.3, 0.4) is 0 Å². The number of benzene rings is 2. The first-order chi connectivity index (χ1) is 13.7. The molecule has 156 valence electrons. The van der Waals surface area contributed by atoms with Crippen LogP contribution in [0.1, 0.15) is 38.3 Å². The summed E-state index contributed by atoms with van der Waals surface area (Å²) < 4.78 is 13.2. The SMILES string of the molecule is CC[C@H](C(=O)NC(C)C)N(Cc1ccc(Cl)cc1Cl)C(=O)Cc1ccc(F)cc1. The van der Waals surface area contributed by atoms with Crippen molar-refractivity contribution in [1.82, 2.24) is 10.2 Å². The number of carbonyl (C=O) groups is 2. The van der Waals surface area contributed by atoms with Gasteiger partial charge in [-0.2, -0.15) is 0 Å². The van der Waals surface area contributed by atoms with Crippen molar-refractivity contribution < 1.29 is 14.0 Å². The van der Waals surface area contributed by atoms with Crippen LogP contribution in [0.2, 0.25) is 10.0 Å².